The van der Waals surface area contributed by atoms with Gasteiger partial charge in [0.1, 0.15) is 0 Å². The van der Waals surface area contributed by atoms with Crippen molar-refractivity contribution < 1.29 is 14.7 Å². The smallest absolute Gasteiger partial charge is 0.244 e. The molecule has 1 aliphatic rings. The third-order valence-electron chi connectivity index (χ3n) is 4.57. The highest BCUT2D eigenvalue weighted by molar-refractivity contribution is 5.95. The molecule has 2 rings (SSSR count). The average molecular weight is 330 g/mol. The molecule has 1 fully saturated rings. The quantitative estimate of drug-likeness (QED) is 0.755. The van der Waals surface area contributed by atoms with E-state index >= 15 is 0 Å². The lowest BCUT2D eigenvalue weighted by molar-refractivity contribution is -0.118. The first-order valence-electron chi connectivity index (χ1n) is 8.49. The average Bonchev–Trinajstić information content (AvgIpc) is 3.00. The lowest BCUT2D eigenvalue weighted by atomic mass is 9.95. The normalized spacial score (nSPS) is 17.3. The van der Waals surface area contributed by atoms with E-state index in [0.717, 1.165) is 30.6 Å². The standard InChI is InChI=1S/C19H26N2O3/c1-3-19(2,12-14-22)20-17(23)11-8-15-6-9-16(10-7-15)21-13-4-5-18(21)24/h6-11,22H,3-5,12-14H2,1-2H3,(H,20,23)/b11-8+. The van der Waals surface area contributed by atoms with E-state index < -0.39 is 5.54 Å². The molecule has 1 saturated heterocycles. The predicted molar refractivity (Wildman–Crippen MR) is 95.6 cm³/mol. The summed E-state index contributed by atoms with van der Waals surface area (Å²) in [6.07, 6.45) is 6.06. The van der Waals surface area contributed by atoms with Crippen molar-refractivity contribution in [3.05, 3.63) is 35.9 Å². The van der Waals surface area contributed by atoms with Crippen LogP contribution in [0.25, 0.3) is 6.08 Å². The molecule has 1 atom stereocenters. The van der Waals surface area contributed by atoms with Gasteiger partial charge in [-0.05, 0) is 50.0 Å². The van der Waals surface area contributed by atoms with Crippen LogP contribution >= 0.6 is 0 Å². The zero-order valence-electron chi connectivity index (χ0n) is 14.4. The largest absolute Gasteiger partial charge is 0.396 e. The maximum absolute atomic E-state index is 12.1. The van der Waals surface area contributed by atoms with E-state index in [2.05, 4.69) is 5.32 Å². The Morgan fingerprint density at radius 1 is 1.38 bits per heavy atom. The van der Waals surface area contributed by atoms with Crippen LogP contribution in [0.15, 0.2) is 30.3 Å². The molecular formula is C19H26N2O3. The van der Waals surface area contributed by atoms with Gasteiger partial charge in [0.25, 0.3) is 0 Å². The third kappa shape index (κ3) is 4.68. The van der Waals surface area contributed by atoms with Crippen molar-refractivity contribution in [2.75, 3.05) is 18.1 Å². The zero-order chi connectivity index (χ0) is 17.6. The molecule has 1 aromatic carbocycles. The molecule has 0 bridgehead atoms. The first kappa shape index (κ1) is 18.2. The number of nitrogens with zero attached hydrogens (tertiary/aromatic N) is 1. The summed E-state index contributed by atoms with van der Waals surface area (Å²) in [6, 6.07) is 7.61. The summed E-state index contributed by atoms with van der Waals surface area (Å²) in [5.74, 6) is -0.00741. The second-order valence-corrected chi connectivity index (χ2v) is 6.45. The van der Waals surface area contributed by atoms with Gasteiger partial charge >= 0.3 is 0 Å². The maximum Gasteiger partial charge on any atom is 0.244 e. The van der Waals surface area contributed by atoms with E-state index in [-0.39, 0.29) is 18.4 Å². The highest BCUT2D eigenvalue weighted by Gasteiger charge is 2.23. The molecule has 1 heterocycles. The Kier molecular flexibility index (Phi) is 6.15. The van der Waals surface area contributed by atoms with E-state index in [1.807, 2.05) is 38.1 Å². The lowest BCUT2D eigenvalue weighted by Crippen LogP contribution is -2.45. The topological polar surface area (TPSA) is 69.6 Å². The minimum absolute atomic E-state index is 0.0466. The van der Waals surface area contributed by atoms with Gasteiger partial charge in [-0.15, -0.1) is 0 Å². The van der Waals surface area contributed by atoms with Crippen LogP contribution in [-0.4, -0.2) is 35.6 Å². The molecule has 130 valence electrons. The first-order chi connectivity index (χ1) is 11.5. The predicted octanol–water partition coefficient (Wildman–Crippen LogP) is 2.49. The lowest BCUT2D eigenvalue weighted by Gasteiger charge is -2.28. The molecule has 5 nitrogen and oxygen atoms in total. The second-order valence-electron chi connectivity index (χ2n) is 6.45. The number of rotatable bonds is 7. The van der Waals surface area contributed by atoms with E-state index in [1.54, 1.807) is 11.0 Å². The number of aliphatic hydroxyl groups is 1. The molecule has 1 aliphatic heterocycles. The van der Waals surface area contributed by atoms with Gasteiger partial charge in [-0.3, -0.25) is 9.59 Å². The summed E-state index contributed by atoms with van der Waals surface area (Å²) in [7, 11) is 0. The van der Waals surface area contributed by atoms with E-state index in [9.17, 15) is 9.59 Å². The van der Waals surface area contributed by atoms with Gasteiger partial charge in [0, 0.05) is 36.9 Å². The van der Waals surface area contributed by atoms with Crippen molar-refractivity contribution in [1.29, 1.82) is 0 Å². The number of aliphatic hydroxyl groups excluding tert-OH is 1. The zero-order valence-corrected chi connectivity index (χ0v) is 14.4. The Morgan fingerprint density at radius 2 is 2.08 bits per heavy atom. The van der Waals surface area contributed by atoms with Gasteiger partial charge in [-0.2, -0.15) is 0 Å². The number of anilines is 1. The SMILES string of the molecule is CCC(C)(CCO)NC(=O)/C=C/c1ccc(N2CCCC2=O)cc1. The third-order valence-corrected chi connectivity index (χ3v) is 4.57. The van der Waals surface area contributed by atoms with Crippen LogP contribution in [0, 0.1) is 0 Å². The Morgan fingerprint density at radius 3 is 2.62 bits per heavy atom. The number of hydrogen-bond donors (Lipinski definition) is 2. The van der Waals surface area contributed by atoms with Gasteiger partial charge in [-0.1, -0.05) is 19.1 Å². The summed E-state index contributed by atoms with van der Waals surface area (Å²) in [5.41, 5.74) is 1.41. The molecule has 0 radical (unpaired) electrons. The molecule has 2 amide bonds. The molecule has 0 aromatic heterocycles. The monoisotopic (exact) mass is 330 g/mol. The minimum atomic E-state index is -0.393. The van der Waals surface area contributed by atoms with Gasteiger partial charge in [0.2, 0.25) is 11.8 Å². The summed E-state index contributed by atoms with van der Waals surface area (Å²) < 4.78 is 0. The number of benzene rings is 1. The summed E-state index contributed by atoms with van der Waals surface area (Å²) in [5, 5.41) is 12.0. The Balaban J connectivity index is 1.96. The summed E-state index contributed by atoms with van der Waals surface area (Å²) in [6.45, 7) is 4.73. The van der Waals surface area contributed by atoms with E-state index in [0.29, 0.717) is 12.8 Å². The van der Waals surface area contributed by atoms with Crippen molar-refractivity contribution >= 4 is 23.6 Å². The second kappa shape index (κ2) is 8.11. The number of amides is 2. The fourth-order valence-corrected chi connectivity index (χ4v) is 2.77. The minimum Gasteiger partial charge on any atom is -0.396 e. The van der Waals surface area contributed by atoms with Gasteiger partial charge < -0.3 is 15.3 Å². The fraction of sp³-hybridized carbons (Fsp3) is 0.474. The van der Waals surface area contributed by atoms with Crippen LogP contribution in [0.5, 0.6) is 0 Å². The van der Waals surface area contributed by atoms with Crippen molar-refractivity contribution in [2.45, 2.75) is 45.1 Å². The van der Waals surface area contributed by atoms with Crippen LogP contribution in [0.1, 0.15) is 45.1 Å². The van der Waals surface area contributed by atoms with E-state index in [4.69, 9.17) is 5.11 Å². The highest BCUT2D eigenvalue weighted by Crippen LogP contribution is 2.22. The first-order valence-corrected chi connectivity index (χ1v) is 8.49. The highest BCUT2D eigenvalue weighted by atomic mass is 16.3. The molecule has 2 N–H and O–H groups in total. The fourth-order valence-electron chi connectivity index (χ4n) is 2.77. The molecule has 5 heteroatoms. The van der Waals surface area contributed by atoms with E-state index in [1.165, 1.54) is 6.08 Å². The molecule has 24 heavy (non-hydrogen) atoms. The number of carbonyl (C=O) groups is 2. The van der Waals surface area contributed by atoms with Crippen molar-refractivity contribution in [2.24, 2.45) is 0 Å². The summed E-state index contributed by atoms with van der Waals surface area (Å²) >= 11 is 0. The van der Waals surface area contributed by atoms with Crippen molar-refractivity contribution in [3.63, 3.8) is 0 Å². The number of hydrogen-bond acceptors (Lipinski definition) is 3. The van der Waals surface area contributed by atoms with Crippen LogP contribution in [0.3, 0.4) is 0 Å². The van der Waals surface area contributed by atoms with Crippen LogP contribution in [0.4, 0.5) is 5.69 Å². The molecule has 1 unspecified atom stereocenters. The molecule has 0 spiro atoms. The molecule has 1 aromatic rings. The maximum atomic E-state index is 12.1. The molecular weight excluding hydrogens is 304 g/mol. The van der Waals surface area contributed by atoms with Crippen LogP contribution < -0.4 is 10.2 Å². The molecule has 0 aliphatic carbocycles. The van der Waals surface area contributed by atoms with Crippen molar-refractivity contribution in [3.8, 4) is 0 Å². The van der Waals surface area contributed by atoms with Gasteiger partial charge in [-0.25, -0.2) is 0 Å². The van der Waals surface area contributed by atoms with Crippen LogP contribution in [0.2, 0.25) is 0 Å². The number of carbonyl (C=O) groups excluding carboxylic acids is 2. The van der Waals surface area contributed by atoms with Gasteiger partial charge in [0.15, 0.2) is 0 Å². The Labute approximate surface area is 143 Å². The van der Waals surface area contributed by atoms with Crippen LogP contribution in [-0.2, 0) is 9.59 Å². The Bertz CT molecular complexity index is 610. The van der Waals surface area contributed by atoms with Crippen molar-refractivity contribution in [1.82, 2.24) is 5.32 Å². The number of nitrogens with one attached hydrogen (secondary N) is 1. The molecule has 0 saturated carbocycles. The summed E-state index contributed by atoms with van der Waals surface area (Å²) in [4.78, 5) is 25.6. The van der Waals surface area contributed by atoms with Gasteiger partial charge in [0.05, 0.1) is 0 Å². The Hall–Kier alpha value is -2.14.